The van der Waals surface area contributed by atoms with E-state index in [0.717, 1.165) is 25.0 Å². The minimum absolute atomic E-state index is 0.0678. The van der Waals surface area contributed by atoms with Gasteiger partial charge in [0.1, 0.15) is 5.82 Å². The van der Waals surface area contributed by atoms with Crippen LogP contribution < -0.4 is 5.32 Å². The lowest BCUT2D eigenvalue weighted by atomic mass is 10.1. The summed E-state index contributed by atoms with van der Waals surface area (Å²) < 4.78 is 13.7. The van der Waals surface area contributed by atoms with Gasteiger partial charge in [0.25, 0.3) is 5.91 Å². The number of carbonyl (C=O) groups excluding carboxylic acids is 1. The van der Waals surface area contributed by atoms with Crippen molar-refractivity contribution in [3.8, 4) is 0 Å². The van der Waals surface area contributed by atoms with E-state index in [1.54, 1.807) is 0 Å². The van der Waals surface area contributed by atoms with E-state index in [-0.39, 0.29) is 11.0 Å². The first-order chi connectivity index (χ1) is 9.39. The van der Waals surface area contributed by atoms with Crippen molar-refractivity contribution >= 4 is 18.0 Å². The van der Waals surface area contributed by atoms with Gasteiger partial charge < -0.3 is 10.4 Å². The van der Waals surface area contributed by atoms with Crippen LogP contribution in [0.4, 0.5) is 4.39 Å². The number of carboxylic acid groups (broad SMARTS) is 1. The van der Waals surface area contributed by atoms with Crippen LogP contribution in [0.1, 0.15) is 35.7 Å². The topological polar surface area (TPSA) is 66.4 Å². The highest BCUT2D eigenvalue weighted by molar-refractivity contribution is 5.95. The number of aliphatic carboxylic acids is 1. The molecule has 0 unspecified atom stereocenters. The summed E-state index contributed by atoms with van der Waals surface area (Å²) >= 11 is 0. The van der Waals surface area contributed by atoms with Crippen molar-refractivity contribution < 1.29 is 19.1 Å². The number of benzene rings is 1. The van der Waals surface area contributed by atoms with Gasteiger partial charge in [0, 0.05) is 12.6 Å². The number of nitrogens with one attached hydrogen (secondary N) is 1. The van der Waals surface area contributed by atoms with E-state index < -0.39 is 17.7 Å². The molecule has 1 aliphatic carbocycles. The summed E-state index contributed by atoms with van der Waals surface area (Å²) in [6.45, 7) is 2.59. The van der Waals surface area contributed by atoms with Crippen LogP contribution in [0, 0.1) is 11.2 Å². The number of hydrogen-bond donors (Lipinski definition) is 2. The Bertz CT molecular complexity index is 576. The Balaban J connectivity index is 2.10. The Kier molecular flexibility index (Phi) is 3.88. The van der Waals surface area contributed by atoms with Gasteiger partial charge in [0.15, 0.2) is 0 Å². The number of amides is 1. The molecule has 5 heteroatoms. The number of carboxylic acids is 1. The van der Waals surface area contributed by atoms with E-state index in [1.165, 1.54) is 18.2 Å². The monoisotopic (exact) mass is 277 g/mol. The van der Waals surface area contributed by atoms with Crippen LogP contribution >= 0.6 is 0 Å². The van der Waals surface area contributed by atoms with Crippen LogP contribution in [0.5, 0.6) is 0 Å². The van der Waals surface area contributed by atoms with E-state index in [4.69, 9.17) is 5.11 Å². The Hall–Kier alpha value is -2.17. The molecule has 1 aromatic carbocycles. The number of carbonyl (C=O) groups is 2. The number of rotatable bonds is 5. The molecule has 0 radical (unpaired) electrons. The van der Waals surface area contributed by atoms with Gasteiger partial charge >= 0.3 is 5.97 Å². The van der Waals surface area contributed by atoms with Gasteiger partial charge in [-0.1, -0.05) is 13.0 Å². The third kappa shape index (κ3) is 3.66. The van der Waals surface area contributed by atoms with E-state index >= 15 is 0 Å². The smallest absolute Gasteiger partial charge is 0.328 e. The summed E-state index contributed by atoms with van der Waals surface area (Å²) in [4.78, 5) is 22.4. The molecule has 1 saturated carbocycles. The Morgan fingerprint density at radius 1 is 1.45 bits per heavy atom. The standard InChI is InChI=1S/C15H16FNO3/c1-15(6-7-15)9-17-14(20)11-8-10(2-4-12(11)16)3-5-13(18)19/h2-5,8H,6-7,9H2,1H3,(H,17,20)(H,18,19)/b5-3+. The molecule has 1 fully saturated rings. The van der Waals surface area contributed by atoms with Crippen molar-refractivity contribution in [2.75, 3.05) is 6.54 Å². The minimum atomic E-state index is -1.10. The van der Waals surface area contributed by atoms with E-state index in [1.807, 2.05) is 0 Å². The summed E-state index contributed by atoms with van der Waals surface area (Å²) in [5, 5.41) is 11.3. The van der Waals surface area contributed by atoms with Gasteiger partial charge in [-0.2, -0.15) is 0 Å². The molecule has 0 atom stereocenters. The fourth-order valence-corrected chi connectivity index (χ4v) is 1.77. The summed E-state index contributed by atoms with van der Waals surface area (Å²) in [6.07, 6.45) is 4.40. The molecule has 106 valence electrons. The molecular formula is C15H16FNO3. The van der Waals surface area contributed by atoms with Crippen molar-refractivity contribution in [2.24, 2.45) is 5.41 Å². The van der Waals surface area contributed by atoms with Crippen LogP contribution in [0.3, 0.4) is 0 Å². The predicted octanol–water partition coefficient (Wildman–Crippen LogP) is 2.45. The zero-order valence-electron chi connectivity index (χ0n) is 11.1. The van der Waals surface area contributed by atoms with Gasteiger partial charge in [-0.3, -0.25) is 4.79 Å². The van der Waals surface area contributed by atoms with E-state index in [9.17, 15) is 14.0 Å². The lowest BCUT2D eigenvalue weighted by Gasteiger charge is -2.11. The van der Waals surface area contributed by atoms with Crippen molar-refractivity contribution in [1.29, 1.82) is 0 Å². The quantitative estimate of drug-likeness (QED) is 0.812. The SMILES string of the molecule is CC1(CNC(=O)c2cc(/C=C/C(=O)O)ccc2F)CC1. The molecule has 0 aliphatic heterocycles. The first kappa shape index (κ1) is 14.2. The normalized spacial score (nSPS) is 16.1. The summed E-state index contributed by atoms with van der Waals surface area (Å²) in [6, 6.07) is 3.93. The average molecular weight is 277 g/mol. The second-order valence-electron chi connectivity index (χ2n) is 5.40. The predicted molar refractivity (Wildman–Crippen MR) is 72.7 cm³/mol. The molecule has 1 aliphatic rings. The van der Waals surface area contributed by atoms with Gasteiger partial charge in [-0.25, -0.2) is 9.18 Å². The van der Waals surface area contributed by atoms with Crippen LogP contribution in [-0.2, 0) is 4.79 Å². The Labute approximate surface area is 116 Å². The third-order valence-electron chi connectivity index (χ3n) is 3.43. The van der Waals surface area contributed by atoms with E-state index in [2.05, 4.69) is 12.2 Å². The Morgan fingerprint density at radius 3 is 2.75 bits per heavy atom. The fourth-order valence-electron chi connectivity index (χ4n) is 1.77. The zero-order valence-corrected chi connectivity index (χ0v) is 11.1. The highest BCUT2D eigenvalue weighted by atomic mass is 19.1. The third-order valence-corrected chi connectivity index (χ3v) is 3.43. The molecule has 0 saturated heterocycles. The van der Waals surface area contributed by atoms with Gasteiger partial charge in [-0.05, 0) is 42.0 Å². The Morgan fingerprint density at radius 2 is 2.15 bits per heavy atom. The highest BCUT2D eigenvalue weighted by Gasteiger charge is 2.37. The van der Waals surface area contributed by atoms with Crippen molar-refractivity contribution in [1.82, 2.24) is 5.32 Å². The lowest BCUT2D eigenvalue weighted by Crippen LogP contribution is -2.29. The second kappa shape index (κ2) is 5.45. The second-order valence-corrected chi connectivity index (χ2v) is 5.40. The highest BCUT2D eigenvalue weighted by Crippen LogP contribution is 2.44. The summed E-state index contributed by atoms with van der Waals surface area (Å²) in [5.41, 5.74) is 0.547. The molecule has 1 amide bonds. The maximum atomic E-state index is 13.7. The molecule has 0 bridgehead atoms. The summed E-state index contributed by atoms with van der Waals surface area (Å²) in [7, 11) is 0. The zero-order chi connectivity index (χ0) is 14.8. The molecule has 2 N–H and O–H groups in total. The average Bonchev–Trinajstić information content (AvgIpc) is 3.13. The molecule has 0 spiro atoms. The fraction of sp³-hybridized carbons (Fsp3) is 0.333. The van der Waals surface area contributed by atoms with Crippen LogP contribution in [0.15, 0.2) is 24.3 Å². The molecule has 0 aromatic heterocycles. The molecule has 20 heavy (non-hydrogen) atoms. The molecule has 2 rings (SSSR count). The van der Waals surface area contributed by atoms with E-state index in [0.29, 0.717) is 12.1 Å². The maximum absolute atomic E-state index is 13.7. The first-order valence-corrected chi connectivity index (χ1v) is 6.38. The number of hydrogen-bond acceptors (Lipinski definition) is 2. The molecule has 1 aromatic rings. The summed E-state index contributed by atoms with van der Waals surface area (Å²) in [5.74, 6) is -2.18. The lowest BCUT2D eigenvalue weighted by molar-refractivity contribution is -0.131. The largest absolute Gasteiger partial charge is 0.478 e. The van der Waals surface area contributed by atoms with Crippen LogP contribution in [0.25, 0.3) is 6.08 Å². The van der Waals surface area contributed by atoms with Gasteiger partial charge in [0.2, 0.25) is 0 Å². The molecule has 4 nitrogen and oxygen atoms in total. The van der Waals surface area contributed by atoms with Crippen molar-refractivity contribution in [3.05, 3.63) is 41.2 Å². The first-order valence-electron chi connectivity index (χ1n) is 6.38. The van der Waals surface area contributed by atoms with Gasteiger partial charge in [0.05, 0.1) is 5.56 Å². The van der Waals surface area contributed by atoms with Crippen LogP contribution in [0.2, 0.25) is 0 Å². The van der Waals surface area contributed by atoms with Crippen molar-refractivity contribution in [3.63, 3.8) is 0 Å². The molecule has 0 heterocycles. The van der Waals surface area contributed by atoms with Crippen LogP contribution in [-0.4, -0.2) is 23.5 Å². The van der Waals surface area contributed by atoms with Crippen molar-refractivity contribution in [2.45, 2.75) is 19.8 Å². The number of halogens is 1. The molecular weight excluding hydrogens is 261 g/mol. The van der Waals surface area contributed by atoms with Gasteiger partial charge in [-0.15, -0.1) is 0 Å². The maximum Gasteiger partial charge on any atom is 0.328 e. The minimum Gasteiger partial charge on any atom is -0.478 e.